The minimum absolute atomic E-state index is 0.00483. The van der Waals surface area contributed by atoms with Crippen molar-refractivity contribution in [3.05, 3.63) is 71.5 Å². The largest absolute Gasteiger partial charge is 0.507 e. The van der Waals surface area contributed by atoms with Crippen molar-refractivity contribution < 1.29 is 14.3 Å². The van der Waals surface area contributed by atoms with E-state index in [-0.39, 0.29) is 24.0 Å². The van der Waals surface area contributed by atoms with Crippen LogP contribution in [0.3, 0.4) is 0 Å². The fourth-order valence-corrected chi connectivity index (χ4v) is 2.80. The second-order valence-electron chi connectivity index (χ2n) is 5.95. The van der Waals surface area contributed by atoms with Crippen LogP contribution in [0.25, 0.3) is 22.6 Å². The molecular weight excluding hydrogens is 366 g/mol. The van der Waals surface area contributed by atoms with Crippen LogP contribution in [-0.2, 0) is 11.2 Å². The Morgan fingerprint density at radius 2 is 1.96 bits per heavy atom. The summed E-state index contributed by atoms with van der Waals surface area (Å²) in [7, 11) is 0. The smallest absolute Gasteiger partial charge is 0.231 e. The zero-order valence-electron chi connectivity index (χ0n) is 14.0. The number of carbonyl (C=O) groups is 1. The van der Waals surface area contributed by atoms with E-state index in [0.29, 0.717) is 27.4 Å². The van der Waals surface area contributed by atoms with Gasteiger partial charge in [-0.2, -0.15) is 0 Å². The molecule has 2 heterocycles. The van der Waals surface area contributed by atoms with Gasteiger partial charge < -0.3 is 14.8 Å². The zero-order valence-corrected chi connectivity index (χ0v) is 14.8. The van der Waals surface area contributed by atoms with Crippen LogP contribution >= 0.6 is 11.6 Å². The predicted molar refractivity (Wildman–Crippen MR) is 103 cm³/mol. The van der Waals surface area contributed by atoms with Crippen LogP contribution in [0, 0.1) is 0 Å². The highest BCUT2D eigenvalue weighted by molar-refractivity contribution is 6.30. The van der Waals surface area contributed by atoms with E-state index in [0.717, 1.165) is 5.56 Å². The minimum atomic E-state index is -0.185. The maximum absolute atomic E-state index is 12.3. The third-order valence-electron chi connectivity index (χ3n) is 3.98. The first-order chi connectivity index (χ1) is 13.1. The molecule has 0 aliphatic rings. The maximum atomic E-state index is 12.3. The van der Waals surface area contributed by atoms with Crippen molar-refractivity contribution in [2.45, 2.75) is 6.42 Å². The molecule has 0 saturated carbocycles. The normalized spacial score (nSPS) is 10.9. The number of fused-ring (bicyclic) bond motifs is 1. The molecule has 0 unspecified atom stereocenters. The van der Waals surface area contributed by atoms with Gasteiger partial charge in [0.25, 0.3) is 0 Å². The Balaban J connectivity index is 1.56. The molecule has 7 heteroatoms. The Bertz CT molecular complexity index is 1090. The van der Waals surface area contributed by atoms with Crippen LogP contribution in [-0.4, -0.2) is 21.0 Å². The lowest BCUT2D eigenvalue weighted by Crippen LogP contribution is -2.14. The molecule has 27 heavy (non-hydrogen) atoms. The van der Waals surface area contributed by atoms with E-state index in [2.05, 4.69) is 15.3 Å². The molecular formula is C20H14ClN3O3. The second-order valence-corrected chi connectivity index (χ2v) is 6.38. The Morgan fingerprint density at radius 3 is 2.74 bits per heavy atom. The van der Waals surface area contributed by atoms with Gasteiger partial charge in [-0.05, 0) is 35.9 Å². The lowest BCUT2D eigenvalue weighted by atomic mass is 10.1. The number of phenolic OH excluding ortho intramolecular Hbond substituents is 1. The predicted octanol–water partition coefficient (Wildman–Crippen LogP) is 4.43. The molecule has 0 radical (unpaired) electrons. The molecule has 2 N–H and O–H groups in total. The van der Waals surface area contributed by atoms with E-state index in [9.17, 15) is 9.90 Å². The Morgan fingerprint density at radius 1 is 1.15 bits per heavy atom. The van der Waals surface area contributed by atoms with Crippen LogP contribution < -0.4 is 5.32 Å². The zero-order chi connectivity index (χ0) is 18.8. The number of hydrogen-bond acceptors (Lipinski definition) is 5. The highest BCUT2D eigenvalue weighted by Gasteiger charge is 2.14. The number of rotatable bonds is 4. The number of nitrogens with zero attached hydrogens (tertiary/aromatic N) is 2. The van der Waals surface area contributed by atoms with Gasteiger partial charge in [0.15, 0.2) is 5.58 Å². The maximum Gasteiger partial charge on any atom is 0.231 e. The van der Waals surface area contributed by atoms with E-state index in [1.165, 1.54) is 6.07 Å². The van der Waals surface area contributed by atoms with Crippen molar-refractivity contribution in [1.82, 2.24) is 9.97 Å². The van der Waals surface area contributed by atoms with Gasteiger partial charge >= 0.3 is 0 Å². The molecule has 2 aromatic heterocycles. The van der Waals surface area contributed by atoms with Crippen LogP contribution in [0.15, 0.2) is 65.3 Å². The number of aromatic hydroxyl groups is 1. The number of hydrogen-bond donors (Lipinski definition) is 2. The number of anilines is 1. The first kappa shape index (κ1) is 17.1. The Hall–Kier alpha value is -3.38. The first-order valence-corrected chi connectivity index (χ1v) is 8.54. The number of oxazole rings is 1. The average Bonchev–Trinajstić information content (AvgIpc) is 3.09. The fraction of sp³-hybridized carbons (Fsp3) is 0.0500. The molecule has 4 rings (SSSR count). The van der Waals surface area contributed by atoms with E-state index < -0.39 is 0 Å². The van der Waals surface area contributed by atoms with Gasteiger partial charge in [-0.3, -0.25) is 9.78 Å². The summed E-state index contributed by atoms with van der Waals surface area (Å²) in [5.41, 5.74) is 2.92. The topological polar surface area (TPSA) is 88.2 Å². The number of nitrogens with one attached hydrogen (secondary N) is 1. The SMILES string of the molecule is O=C(Cc1ccc(Cl)cc1)Nc1ccc(O)c(-c2nc3cnccc3o2)c1. The van der Waals surface area contributed by atoms with Gasteiger partial charge in [0.2, 0.25) is 11.8 Å². The van der Waals surface area contributed by atoms with E-state index >= 15 is 0 Å². The van der Waals surface area contributed by atoms with Crippen molar-refractivity contribution in [3.63, 3.8) is 0 Å². The number of halogens is 1. The highest BCUT2D eigenvalue weighted by Crippen LogP contribution is 2.33. The van der Waals surface area contributed by atoms with Gasteiger partial charge in [0.05, 0.1) is 18.2 Å². The highest BCUT2D eigenvalue weighted by atomic mass is 35.5. The molecule has 0 atom stereocenters. The number of aromatic nitrogens is 2. The van der Waals surface area contributed by atoms with Gasteiger partial charge in [0, 0.05) is 23.0 Å². The molecule has 0 aliphatic carbocycles. The van der Waals surface area contributed by atoms with Crippen molar-refractivity contribution in [2.24, 2.45) is 0 Å². The molecule has 0 spiro atoms. The van der Waals surface area contributed by atoms with E-state index in [1.807, 2.05) is 0 Å². The van der Waals surface area contributed by atoms with Crippen molar-refractivity contribution in [3.8, 4) is 17.2 Å². The number of pyridine rings is 1. The molecule has 4 aromatic rings. The molecule has 0 aliphatic heterocycles. The monoisotopic (exact) mass is 379 g/mol. The molecule has 1 amide bonds. The lowest BCUT2D eigenvalue weighted by molar-refractivity contribution is -0.115. The van der Waals surface area contributed by atoms with Crippen molar-refractivity contribution >= 4 is 34.3 Å². The van der Waals surface area contributed by atoms with E-state index in [4.69, 9.17) is 16.0 Å². The second kappa shape index (κ2) is 7.09. The summed E-state index contributed by atoms with van der Waals surface area (Å²) in [5.74, 6) is 0.0743. The van der Waals surface area contributed by atoms with Crippen LogP contribution in [0.2, 0.25) is 5.02 Å². The first-order valence-electron chi connectivity index (χ1n) is 8.17. The summed E-state index contributed by atoms with van der Waals surface area (Å²) in [6, 6.07) is 13.5. The summed E-state index contributed by atoms with van der Waals surface area (Å²) in [6.45, 7) is 0. The number of phenols is 1. The fourth-order valence-electron chi connectivity index (χ4n) is 2.67. The Labute approximate surface area is 159 Å². The third-order valence-corrected chi connectivity index (χ3v) is 4.23. The summed E-state index contributed by atoms with van der Waals surface area (Å²) in [6.07, 6.45) is 3.39. The average molecular weight is 380 g/mol. The molecule has 134 valence electrons. The molecule has 0 saturated heterocycles. The van der Waals surface area contributed by atoms with Gasteiger partial charge in [-0.25, -0.2) is 4.98 Å². The van der Waals surface area contributed by atoms with Crippen molar-refractivity contribution in [2.75, 3.05) is 5.32 Å². The van der Waals surface area contributed by atoms with Crippen LogP contribution in [0.1, 0.15) is 5.56 Å². The molecule has 0 bridgehead atoms. The molecule has 0 fully saturated rings. The van der Waals surface area contributed by atoms with Gasteiger partial charge in [0.1, 0.15) is 11.3 Å². The molecule has 2 aromatic carbocycles. The van der Waals surface area contributed by atoms with Gasteiger partial charge in [-0.15, -0.1) is 0 Å². The summed E-state index contributed by atoms with van der Waals surface area (Å²) in [4.78, 5) is 20.6. The summed E-state index contributed by atoms with van der Waals surface area (Å²) >= 11 is 5.85. The number of carbonyl (C=O) groups excluding carboxylic acids is 1. The Kier molecular flexibility index (Phi) is 4.48. The lowest BCUT2D eigenvalue weighted by Gasteiger charge is -2.08. The number of benzene rings is 2. The molecule has 6 nitrogen and oxygen atoms in total. The quantitative estimate of drug-likeness (QED) is 0.512. The van der Waals surface area contributed by atoms with Crippen LogP contribution in [0.4, 0.5) is 5.69 Å². The van der Waals surface area contributed by atoms with Gasteiger partial charge in [-0.1, -0.05) is 23.7 Å². The number of amides is 1. The minimum Gasteiger partial charge on any atom is -0.507 e. The summed E-state index contributed by atoms with van der Waals surface area (Å²) < 4.78 is 5.67. The van der Waals surface area contributed by atoms with Crippen molar-refractivity contribution in [1.29, 1.82) is 0 Å². The standard InChI is InChI=1S/C20H14ClN3O3/c21-13-3-1-12(2-4-13)9-19(26)23-14-5-6-17(25)15(10-14)20-24-16-11-22-8-7-18(16)27-20/h1-8,10-11,25H,9H2,(H,23,26). The van der Waals surface area contributed by atoms with Crippen LogP contribution in [0.5, 0.6) is 5.75 Å². The third kappa shape index (κ3) is 3.75. The summed E-state index contributed by atoms with van der Waals surface area (Å²) in [5, 5.41) is 13.6. The van der Waals surface area contributed by atoms with E-state index in [1.54, 1.807) is 54.9 Å².